The molecule has 22 heavy (non-hydrogen) atoms. The zero-order valence-corrected chi connectivity index (χ0v) is 19.1. The predicted octanol–water partition coefficient (Wildman–Crippen LogP) is 3.80. The summed E-state index contributed by atoms with van der Waals surface area (Å²) in [5.74, 6) is 0. The Hall–Kier alpha value is 0.218. The minimum Gasteiger partial charge on any atom is -0.416 e. The molecule has 1 aromatic carbocycles. The van der Waals surface area contributed by atoms with Gasteiger partial charge in [0.1, 0.15) is 0 Å². The molecule has 0 unspecified atom stereocenters. The van der Waals surface area contributed by atoms with Gasteiger partial charge in [-0.1, -0.05) is 29.8 Å². The average molecular weight is 393 g/mol. The average Bonchev–Trinajstić information content (AvgIpc) is 2.21. The molecular formula is C13H25ClO4Si4. The second kappa shape index (κ2) is 5.94. The fraction of sp³-hybridized carbons (Fsp3) is 0.538. The smallest absolute Gasteiger partial charge is 0.353 e. The molecule has 0 N–H and O–H groups in total. The van der Waals surface area contributed by atoms with E-state index in [0.29, 0.717) is 5.02 Å². The quantitative estimate of drug-likeness (QED) is 0.681. The van der Waals surface area contributed by atoms with Crippen LogP contribution in [0.25, 0.3) is 0 Å². The minimum absolute atomic E-state index is 0.684. The normalized spacial score (nSPS) is 26.0. The maximum atomic E-state index is 6.54. The van der Waals surface area contributed by atoms with E-state index in [1.165, 1.54) is 0 Å². The van der Waals surface area contributed by atoms with Gasteiger partial charge in [0.05, 0.1) is 0 Å². The van der Waals surface area contributed by atoms with Crippen LogP contribution in [0.5, 0.6) is 0 Å². The largest absolute Gasteiger partial charge is 0.416 e. The van der Waals surface area contributed by atoms with Crippen molar-refractivity contribution in [3.8, 4) is 0 Å². The highest BCUT2D eigenvalue weighted by atomic mass is 35.5. The Balaban J connectivity index is 2.49. The van der Waals surface area contributed by atoms with Crippen molar-refractivity contribution in [2.75, 3.05) is 0 Å². The Morgan fingerprint density at radius 2 is 1.09 bits per heavy atom. The lowest BCUT2D eigenvalue weighted by atomic mass is 10.4. The van der Waals surface area contributed by atoms with Gasteiger partial charge >= 0.3 is 34.2 Å². The number of hydrogen-bond acceptors (Lipinski definition) is 4. The van der Waals surface area contributed by atoms with E-state index >= 15 is 0 Å². The molecule has 9 heteroatoms. The van der Waals surface area contributed by atoms with Crippen molar-refractivity contribution in [1.82, 2.24) is 0 Å². The van der Waals surface area contributed by atoms with Gasteiger partial charge in [-0.2, -0.15) is 0 Å². The number of benzene rings is 1. The predicted molar refractivity (Wildman–Crippen MR) is 99.5 cm³/mol. The molecule has 0 bridgehead atoms. The molecule has 0 spiro atoms. The Morgan fingerprint density at radius 3 is 1.55 bits per heavy atom. The van der Waals surface area contributed by atoms with Crippen LogP contribution in [0.15, 0.2) is 24.3 Å². The van der Waals surface area contributed by atoms with Crippen molar-refractivity contribution in [2.45, 2.75) is 45.8 Å². The fourth-order valence-electron chi connectivity index (χ4n) is 3.14. The first-order chi connectivity index (χ1) is 9.84. The molecule has 1 aliphatic heterocycles. The third kappa shape index (κ3) is 4.40. The van der Waals surface area contributed by atoms with E-state index in [1.54, 1.807) is 0 Å². The topological polar surface area (TPSA) is 36.9 Å². The Labute approximate surface area is 142 Å². The monoisotopic (exact) mass is 392 g/mol. The summed E-state index contributed by atoms with van der Waals surface area (Å²) in [7, 11) is -9.72. The van der Waals surface area contributed by atoms with Crippen LogP contribution in [0, 0.1) is 0 Å². The number of halogens is 1. The summed E-state index contributed by atoms with van der Waals surface area (Å²) in [6, 6.07) is 7.76. The SMILES string of the molecule is C[Si]1(C)O[Si](C)(C)O[Si](C)(c2ccccc2Cl)O[Si](C)(C)O1. The van der Waals surface area contributed by atoms with Gasteiger partial charge in [0.15, 0.2) is 0 Å². The molecule has 2 rings (SSSR count). The highest BCUT2D eigenvalue weighted by Gasteiger charge is 2.53. The van der Waals surface area contributed by atoms with E-state index < -0.39 is 34.2 Å². The van der Waals surface area contributed by atoms with Gasteiger partial charge in [-0.05, 0) is 51.9 Å². The maximum absolute atomic E-state index is 6.54. The zero-order valence-electron chi connectivity index (χ0n) is 14.3. The molecule has 0 amide bonds. The van der Waals surface area contributed by atoms with E-state index in [9.17, 15) is 0 Å². The molecule has 4 nitrogen and oxygen atoms in total. The van der Waals surface area contributed by atoms with Gasteiger partial charge in [0.2, 0.25) is 0 Å². The van der Waals surface area contributed by atoms with E-state index in [4.69, 9.17) is 28.1 Å². The van der Waals surface area contributed by atoms with Gasteiger partial charge in [-0.15, -0.1) is 0 Å². The number of hydrogen-bond donors (Lipinski definition) is 0. The molecule has 1 fully saturated rings. The lowest BCUT2D eigenvalue weighted by Crippen LogP contribution is -2.68. The van der Waals surface area contributed by atoms with Gasteiger partial charge < -0.3 is 16.5 Å². The molecule has 1 heterocycles. The number of rotatable bonds is 1. The van der Waals surface area contributed by atoms with E-state index in [1.807, 2.05) is 30.8 Å². The van der Waals surface area contributed by atoms with E-state index in [-0.39, 0.29) is 0 Å². The first-order valence-corrected chi connectivity index (χ1v) is 18.5. The Bertz CT molecular complexity index is 543. The van der Waals surface area contributed by atoms with Crippen LogP contribution in [0.4, 0.5) is 0 Å². The van der Waals surface area contributed by atoms with Crippen LogP contribution in [-0.2, 0) is 16.5 Å². The summed E-state index contributed by atoms with van der Waals surface area (Å²) in [5, 5.41) is 1.63. The van der Waals surface area contributed by atoms with Crippen molar-refractivity contribution in [3.63, 3.8) is 0 Å². The van der Waals surface area contributed by atoms with Crippen molar-refractivity contribution < 1.29 is 16.5 Å². The molecule has 0 atom stereocenters. The summed E-state index contributed by atoms with van der Waals surface area (Å²) in [5.41, 5.74) is 0. The molecule has 0 aromatic heterocycles. The highest BCUT2D eigenvalue weighted by Crippen LogP contribution is 2.31. The van der Waals surface area contributed by atoms with Gasteiger partial charge in [0.25, 0.3) is 0 Å². The minimum atomic E-state index is -2.71. The van der Waals surface area contributed by atoms with E-state index in [2.05, 4.69) is 39.3 Å². The van der Waals surface area contributed by atoms with Crippen LogP contribution in [0.1, 0.15) is 0 Å². The van der Waals surface area contributed by atoms with Gasteiger partial charge in [-0.25, -0.2) is 0 Å². The van der Waals surface area contributed by atoms with Crippen molar-refractivity contribution in [1.29, 1.82) is 0 Å². The lowest BCUT2D eigenvalue weighted by Gasteiger charge is -2.47. The van der Waals surface area contributed by atoms with Crippen LogP contribution >= 0.6 is 11.6 Å². The Kier molecular flexibility index (Phi) is 5.01. The van der Waals surface area contributed by atoms with Crippen LogP contribution in [0.3, 0.4) is 0 Å². The lowest BCUT2D eigenvalue weighted by molar-refractivity contribution is 0.242. The third-order valence-corrected chi connectivity index (χ3v) is 20.0. The van der Waals surface area contributed by atoms with Crippen LogP contribution in [-0.4, -0.2) is 34.2 Å². The summed E-state index contributed by atoms with van der Waals surface area (Å²) < 4.78 is 25.8. The first-order valence-electron chi connectivity index (χ1n) is 7.40. The highest BCUT2D eigenvalue weighted by molar-refractivity contribution is 6.97. The molecule has 124 valence electrons. The molecule has 0 aliphatic carbocycles. The van der Waals surface area contributed by atoms with Crippen LogP contribution < -0.4 is 5.19 Å². The Morgan fingerprint density at radius 1 is 0.682 bits per heavy atom. The van der Waals surface area contributed by atoms with Gasteiger partial charge in [-0.3, -0.25) is 0 Å². The fourth-order valence-corrected chi connectivity index (χ4v) is 24.7. The third-order valence-electron chi connectivity index (χ3n) is 3.23. The van der Waals surface area contributed by atoms with Crippen LogP contribution in [0.2, 0.25) is 50.9 Å². The molecule has 1 aromatic rings. The second-order valence-corrected chi connectivity index (χ2v) is 21.5. The van der Waals surface area contributed by atoms with Crippen molar-refractivity contribution in [3.05, 3.63) is 29.3 Å². The van der Waals surface area contributed by atoms with Gasteiger partial charge in [0, 0.05) is 10.2 Å². The zero-order chi connectivity index (χ0) is 16.8. The molecule has 0 saturated carbocycles. The molecule has 0 radical (unpaired) electrons. The maximum Gasteiger partial charge on any atom is 0.353 e. The standard InChI is InChI=1S/C13H25ClO4Si4/c1-19(2)15-20(3,4)17-22(7,18-21(5,6)16-19)13-11-9-8-10-12(13)14/h8-11H,1-7H3. The van der Waals surface area contributed by atoms with Crippen molar-refractivity contribution in [2.24, 2.45) is 0 Å². The molecule has 1 saturated heterocycles. The molecule has 1 aliphatic rings. The summed E-state index contributed by atoms with van der Waals surface area (Å²) in [6.07, 6.45) is 0. The second-order valence-electron chi connectivity index (χ2n) is 7.03. The summed E-state index contributed by atoms with van der Waals surface area (Å²) in [4.78, 5) is 0. The van der Waals surface area contributed by atoms with Crippen molar-refractivity contribution >= 4 is 51.0 Å². The molecular weight excluding hydrogens is 368 g/mol. The first kappa shape index (κ1) is 18.6. The summed E-state index contributed by atoms with van der Waals surface area (Å²) in [6.45, 7) is 14.4. The van der Waals surface area contributed by atoms with E-state index in [0.717, 1.165) is 5.19 Å². The summed E-state index contributed by atoms with van der Waals surface area (Å²) >= 11 is 6.42.